The molecule has 0 spiro atoms. The van der Waals surface area contributed by atoms with Gasteiger partial charge in [0, 0.05) is 16.2 Å². The Labute approximate surface area is 158 Å². The van der Waals surface area contributed by atoms with E-state index in [1.54, 1.807) is 12.1 Å². The lowest BCUT2D eigenvalue weighted by Gasteiger charge is -2.21. The summed E-state index contributed by atoms with van der Waals surface area (Å²) in [6.07, 6.45) is -4.62. The van der Waals surface area contributed by atoms with Crippen molar-refractivity contribution in [3.05, 3.63) is 40.0 Å². The van der Waals surface area contributed by atoms with Crippen LogP contribution in [0, 0.1) is 12.8 Å². The lowest BCUT2D eigenvalue weighted by molar-refractivity contribution is -0.141. The van der Waals surface area contributed by atoms with Gasteiger partial charge in [-0.1, -0.05) is 35.8 Å². The Hall–Kier alpha value is -1.87. The first-order valence-electron chi connectivity index (χ1n) is 7.97. The van der Waals surface area contributed by atoms with Gasteiger partial charge in [-0.15, -0.1) is 0 Å². The fraction of sp³-hybridized carbons (Fsp3) is 0.412. The van der Waals surface area contributed by atoms with Gasteiger partial charge in [-0.25, -0.2) is 4.98 Å². The van der Waals surface area contributed by atoms with Crippen molar-refractivity contribution >= 4 is 33.4 Å². The number of nitrogens with zero attached hydrogens (tertiary/aromatic N) is 2. The van der Waals surface area contributed by atoms with Crippen LogP contribution in [0.25, 0.3) is 0 Å². The maximum absolute atomic E-state index is 13.2. The second kappa shape index (κ2) is 8.22. The highest BCUT2D eigenvalue weighted by atomic mass is 79.9. The zero-order valence-corrected chi connectivity index (χ0v) is 16.1. The number of hydrogen-bond acceptors (Lipinski definition) is 5. The molecule has 142 valence electrons. The molecule has 0 unspecified atom stereocenters. The molecule has 3 N–H and O–H groups in total. The van der Waals surface area contributed by atoms with E-state index >= 15 is 0 Å². The lowest BCUT2D eigenvalue weighted by atomic mass is 10.1. The molecule has 0 amide bonds. The molecule has 0 aliphatic heterocycles. The lowest BCUT2D eigenvalue weighted by Crippen LogP contribution is -2.30. The summed E-state index contributed by atoms with van der Waals surface area (Å²) in [5.74, 6) is -0.193. The van der Waals surface area contributed by atoms with E-state index in [4.69, 9.17) is 0 Å². The molecule has 1 heterocycles. The largest absolute Gasteiger partial charge is 0.433 e. The van der Waals surface area contributed by atoms with Crippen LogP contribution in [0.15, 0.2) is 28.7 Å². The summed E-state index contributed by atoms with van der Waals surface area (Å²) in [5.41, 5.74) is 0.398. The average Bonchev–Trinajstić information content (AvgIpc) is 2.55. The van der Waals surface area contributed by atoms with Crippen LogP contribution >= 0.6 is 15.9 Å². The Morgan fingerprint density at radius 1 is 1.23 bits per heavy atom. The third-order valence-corrected chi connectivity index (χ3v) is 4.72. The van der Waals surface area contributed by atoms with Crippen molar-refractivity contribution in [2.45, 2.75) is 33.0 Å². The number of aromatic nitrogens is 2. The standard InChI is InChI=1S/C17H20BrF3N4O/c1-9(2)13(8-26)23-16-24-14(17(19,20)21)7-15(25-16)22-12-6-4-5-11(18)10(12)3/h4-7,9,13,26H,8H2,1-3H3,(H2,22,23,24,25)/t13-/m1/s1. The first kappa shape index (κ1) is 20.4. The molecular weight excluding hydrogens is 413 g/mol. The van der Waals surface area contributed by atoms with Gasteiger partial charge in [0.1, 0.15) is 5.82 Å². The van der Waals surface area contributed by atoms with Crippen molar-refractivity contribution in [2.24, 2.45) is 5.92 Å². The molecule has 1 atom stereocenters. The number of anilines is 3. The highest BCUT2D eigenvalue weighted by Gasteiger charge is 2.34. The second-order valence-electron chi connectivity index (χ2n) is 6.17. The summed E-state index contributed by atoms with van der Waals surface area (Å²) in [4.78, 5) is 7.67. The van der Waals surface area contributed by atoms with E-state index in [1.807, 2.05) is 26.8 Å². The van der Waals surface area contributed by atoms with Crippen molar-refractivity contribution in [1.82, 2.24) is 9.97 Å². The molecule has 2 aromatic rings. The van der Waals surface area contributed by atoms with Crippen molar-refractivity contribution in [3.8, 4) is 0 Å². The third kappa shape index (κ3) is 5.07. The summed E-state index contributed by atoms with van der Waals surface area (Å²) in [6.45, 7) is 5.26. The van der Waals surface area contributed by atoms with E-state index < -0.39 is 17.9 Å². The fourth-order valence-electron chi connectivity index (χ4n) is 2.19. The minimum atomic E-state index is -4.62. The molecule has 1 aromatic carbocycles. The number of alkyl halides is 3. The normalized spacial score (nSPS) is 13.0. The highest BCUT2D eigenvalue weighted by molar-refractivity contribution is 9.10. The van der Waals surface area contributed by atoms with E-state index in [0.29, 0.717) is 5.69 Å². The first-order valence-corrected chi connectivity index (χ1v) is 8.77. The summed E-state index contributed by atoms with van der Waals surface area (Å²) >= 11 is 3.39. The van der Waals surface area contributed by atoms with Crippen LogP contribution in [0.4, 0.5) is 30.6 Å². The number of nitrogens with one attached hydrogen (secondary N) is 2. The van der Waals surface area contributed by atoms with Gasteiger partial charge in [-0.3, -0.25) is 0 Å². The monoisotopic (exact) mass is 432 g/mol. The number of aliphatic hydroxyl groups is 1. The topological polar surface area (TPSA) is 70.1 Å². The van der Waals surface area contributed by atoms with Crippen LogP contribution in [0.3, 0.4) is 0 Å². The molecule has 1 aromatic heterocycles. The number of rotatable bonds is 6. The van der Waals surface area contributed by atoms with Crippen molar-refractivity contribution < 1.29 is 18.3 Å². The minimum Gasteiger partial charge on any atom is -0.394 e. The molecule has 2 rings (SSSR count). The molecule has 0 saturated heterocycles. The fourth-order valence-corrected chi connectivity index (χ4v) is 2.56. The zero-order chi connectivity index (χ0) is 19.5. The van der Waals surface area contributed by atoms with Crippen molar-refractivity contribution in [3.63, 3.8) is 0 Å². The van der Waals surface area contributed by atoms with Crippen LogP contribution in [0.1, 0.15) is 25.1 Å². The maximum Gasteiger partial charge on any atom is 0.433 e. The Kier molecular flexibility index (Phi) is 6.46. The van der Waals surface area contributed by atoms with Gasteiger partial charge in [-0.2, -0.15) is 18.2 Å². The van der Waals surface area contributed by atoms with E-state index in [1.165, 1.54) is 0 Å². The van der Waals surface area contributed by atoms with Gasteiger partial charge in [0.15, 0.2) is 5.69 Å². The van der Waals surface area contributed by atoms with Gasteiger partial charge in [0.2, 0.25) is 5.95 Å². The van der Waals surface area contributed by atoms with Crippen LogP contribution in [-0.4, -0.2) is 27.7 Å². The van der Waals surface area contributed by atoms with E-state index in [-0.39, 0.29) is 24.3 Å². The Bertz CT molecular complexity index is 768. The highest BCUT2D eigenvalue weighted by Crippen LogP contribution is 2.32. The Morgan fingerprint density at radius 2 is 1.92 bits per heavy atom. The first-order chi connectivity index (χ1) is 12.1. The molecule has 0 aliphatic rings. The van der Waals surface area contributed by atoms with Gasteiger partial charge >= 0.3 is 6.18 Å². The van der Waals surface area contributed by atoms with E-state index in [2.05, 4.69) is 36.5 Å². The van der Waals surface area contributed by atoms with Crippen LogP contribution < -0.4 is 10.6 Å². The molecule has 26 heavy (non-hydrogen) atoms. The van der Waals surface area contributed by atoms with Gasteiger partial charge in [-0.05, 0) is 30.5 Å². The molecule has 5 nitrogen and oxygen atoms in total. The Morgan fingerprint density at radius 3 is 2.50 bits per heavy atom. The predicted molar refractivity (Wildman–Crippen MR) is 98.5 cm³/mol. The molecular formula is C17H20BrF3N4O. The van der Waals surface area contributed by atoms with E-state index in [0.717, 1.165) is 16.1 Å². The van der Waals surface area contributed by atoms with Gasteiger partial charge in [0.05, 0.1) is 12.6 Å². The van der Waals surface area contributed by atoms with Crippen molar-refractivity contribution in [2.75, 3.05) is 17.2 Å². The molecule has 0 saturated carbocycles. The minimum absolute atomic E-state index is 0.0106. The quantitative estimate of drug-likeness (QED) is 0.614. The second-order valence-corrected chi connectivity index (χ2v) is 7.03. The maximum atomic E-state index is 13.2. The zero-order valence-electron chi connectivity index (χ0n) is 14.5. The number of halogens is 4. The molecule has 0 fully saturated rings. The number of aliphatic hydroxyl groups excluding tert-OH is 1. The van der Waals surface area contributed by atoms with Crippen LogP contribution in [0.2, 0.25) is 0 Å². The molecule has 0 radical (unpaired) electrons. The van der Waals surface area contributed by atoms with Gasteiger partial charge in [0.25, 0.3) is 0 Å². The van der Waals surface area contributed by atoms with Crippen LogP contribution in [0.5, 0.6) is 0 Å². The smallest absolute Gasteiger partial charge is 0.394 e. The van der Waals surface area contributed by atoms with Crippen LogP contribution in [-0.2, 0) is 6.18 Å². The van der Waals surface area contributed by atoms with E-state index in [9.17, 15) is 18.3 Å². The molecule has 9 heteroatoms. The van der Waals surface area contributed by atoms with Gasteiger partial charge < -0.3 is 15.7 Å². The average molecular weight is 433 g/mol. The summed E-state index contributed by atoms with van der Waals surface area (Å²) in [6, 6.07) is 5.75. The SMILES string of the molecule is Cc1c(Br)cccc1Nc1cc(C(F)(F)F)nc(N[C@H](CO)C(C)C)n1. The predicted octanol–water partition coefficient (Wildman–Crippen LogP) is 4.74. The summed E-state index contributed by atoms with van der Waals surface area (Å²) in [7, 11) is 0. The third-order valence-electron chi connectivity index (χ3n) is 3.86. The molecule has 0 bridgehead atoms. The Balaban J connectivity index is 2.41. The molecule has 0 aliphatic carbocycles. The van der Waals surface area contributed by atoms with Crippen molar-refractivity contribution in [1.29, 1.82) is 0 Å². The number of benzene rings is 1. The summed E-state index contributed by atoms with van der Waals surface area (Å²) < 4.78 is 40.4. The number of hydrogen-bond donors (Lipinski definition) is 3. The summed E-state index contributed by atoms with van der Waals surface area (Å²) in [5, 5.41) is 15.1.